The number of sulfonamides is 1. The molecule has 1 saturated heterocycles. The first-order valence-electron chi connectivity index (χ1n) is 11.7. The van der Waals surface area contributed by atoms with Crippen molar-refractivity contribution in [3.05, 3.63) is 42.0 Å². The molecule has 0 bridgehead atoms. The van der Waals surface area contributed by atoms with Crippen LogP contribution in [0.3, 0.4) is 0 Å². The van der Waals surface area contributed by atoms with Crippen LogP contribution >= 0.6 is 0 Å². The Labute approximate surface area is 206 Å². The summed E-state index contributed by atoms with van der Waals surface area (Å²) in [4.78, 5) is 27.1. The maximum atomic E-state index is 13.6. The van der Waals surface area contributed by atoms with Gasteiger partial charge in [0.15, 0.2) is 6.10 Å². The van der Waals surface area contributed by atoms with Crippen molar-refractivity contribution in [1.82, 2.24) is 4.31 Å². The Hall–Kier alpha value is -3.11. The van der Waals surface area contributed by atoms with Crippen LogP contribution in [0, 0.1) is 12.8 Å². The molecule has 0 radical (unpaired) electrons. The van der Waals surface area contributed by atoms with Gasteiger partial charge in [-0.15, -0.1) is 0 Å². The molecule has 2 aromatic carbocycles. The van der Waals surface area contributed by atoms with E-state index in [1.165, 1.54) is 10.4 Å². The third-order valence-corrected chi connectivity index (χ3v) is 8.53. The predicted molar refractivity (Wildman–Crippen MR) is 132 cm³/mol. The molecule has 0 saturated carbocycles. The number of benzene rings is 2. The molecule has 0 aromatic heterocycles. The maximum Gasteiger partial charge on any atom is 0.265 e. The monoisotopic (exact) mass is 501 g/mol. The summed E-state index contributed by atoms with van der Waals surface area (Å²) >= 11 is 0. The molecule has 1 N–H and O–H groups in total. The molecule has 188 valence electrons. The summed E-state index contributed by atoms with van der Waals surface area (Å²) in [6, 6.07) is 10.3. The average Bonchev–Trinajstić information content (AvgIpc) is 2.85. The van der Waals surface area contributed by atoms with Crippen LogP contribution in [0.1, 0.15) is 32.3 Å². The molecule has 0 spiro atoms. The van der Waals surface area contributed by atoms with Crippen LogP contribution in [0.4, 0.5) is 11.4 Å². The summed E-state index contributed by atoms with van der Waals surface area (Å²) in [6.07, 6.45) is 0.493. The first-order valence-corrected chi connectivity index (χ1v) is 13.2. The minimum atomic E-state index is -3.88. The van der Waals surface area contributed by atoms with E-state index < -0.39 is 22.0 Å². The fourth-order valence-corrected chi connectivity index (χ4v) is 6.32. The first kappa shape index (κ1) is 25.0. The molecular weight excluding hydrogens is 470 g/mol. The number of nitrogens with one attached hydrogen (secondary N) is 1. The van der Waals surface area contributed by atoms with E-state index in [0.29, 0.717) is 48.7 Å². The van der Waals surface area contributed by atoms with Crippen molar-refractivity contribution in [3.63, 3.8) is 0 Å². The Morgan fingerprint density at radius 2 is 1.97 bits per heavy atom. The van der Waals surface area contributed by atoms with Gasteiger partial charge in [-0.3, -0.25) is 9.59 Å². The third kappa shape index (κ3) is 4.85. The standard InChI is InChI=1S/C25H31N3O6S/c1-5-28(19-8-10-20(33-4)11-9-19)25(30)18-7-6-12-27(15-18)35(31,32)23-14-22-21(13-16(23)2)26-24(29)17(3)34-22/h8-11,13-14,17-18H,5-7,12,15H2,1-4H3,(H,26,29)/t17-,18-/m1/s1. The summed E-state index contributed by atoms with van der Waals surface area (Å²) in [5, 5.41) is 2.74. The van der Waals surface area contributed by atoms with Gasteiger partial charge in [0.1, 0.15) is 11.5 Å². The highest BCUT2D eigenvalue weighted by Gasteiger charge is 2.37. The molecule has 2 aliphatic heterocycles. The van der Waals surface area contributed by atoms with Gasteiger partial charge in [-0.05, 0) is 69.5 Å². The van der Waals surface area contributed by atoms with Crippen molar-refractivity contribution in [2.75, 3.05) is 37.0 Å². The van der Waals surface area contributed by atoms with Crippen molar-refractivity contribution >= 4 is 33.2 Å². The summed E-state index contributed by atoms with van der Waals surface area (Å²) in [7, 11) is -2.29. The number of anilines is 2. The van der Waals surface area contributed by atoms with E-state index in [9.17, 15) is 18.0 Å². The van der Waals surface area contributed by atoms with E-state index in [1.807, 2.05) is 19.1 Å². The van der Waals surface area contributed by atoms with Crippen LogP contribution in [0.2, 0.25) is 0 Å². The van der Waals surface area contributed by atoms with E-state index >= 15 is 0 Å². The zero-order valence-electron chi connectivity index (χ0n) is 20.4. The summed E-state index contributed by atoms with van der Waals surface area (Å²) in [5.41, 5.74) is 1.70. The second-order valence-electron chi connectivity index (χ2n) is 8.85. The Morgan fingerprint density at radius 1 is 1.26 bits per heavy atom. The number of rotatable bonds is 6. The number of hydrogen-bond acceptors (Lipinski definition) is 6. The number of piperidine rings is 1. The first-order chi connectivity index (χ1) is 16.6. The molecule has 0 aliphatic carbocycles. The van der Waals surface area contributed by atoms with Crippen molar-refractivity contribution < 1.29 is 27.5 Å². The van der Waals surface area contributed by atoms with Gasteiger partial charge in [0.05, 0.1) is 23.6 Å². The molecule has 2 amide bonds. The Morgan fingerprint density at radius 3 is 2.63 bits per heavy atom. The lowest BCUT2D eigenvalue weighted by Gasteiger charge is -2.34. The molecule has 4 rings (SSSR count). The van der Waals surface area contributed by atoms with E-state index in [1.54, 1.807) is 44.1 Å². The van der Waals surface area contributed by atoms with E-state index in [2.05, 4.69) is 5.32 Å². The zero-order chi connectivity index (χ0) is 25.3. The van der Waals surface area contributed by atoms with E-state index in [-0.39, 0.29) is 23.3 Å². The number of ether oxygens (including phenoxy) is 2. The second kappa shape index (κ2) is 9.87. The van der Waals surface area contributed by atoms with Gasteiger partial charge in [0.2, 0.25) is 15.9 Å². The molecular formula is C25H31N3O6S. The van der Waals surface area contributed by atoms with Gasteiger partial charge in [0.25, 0.3) is 5.91 Å². The van der Waals surface area contributed by atoms with Crippen LogP contribution in [0.15, 0.2) is 41.3 Å². The minimum Gasteiger partial charge on any atom is -0.497 e. The van der Waals surface area contributed by atoms with Crippen LogP contribution in [-0.4, -0.2) is 57.4 Å². The topological polar surface area (TPSA) is 105 Å². The van der Waals surface area contributed by atoms with Crippen molar-refractivity contribution in [1.29, 1.82) is 0 Å². The lowest BCUT2D eigenvalue weighted by atomic mass is 9.97. The molecule has 35 heavy (non-hydrogen) atoms. The Bertz CT molecular complexity index is 1230. The molecule has 10 heteroatoms. The molecule has 2 aliphatic rings. The number of fused-ring (bicyclic) bond motifs is 1. The van der Waals surface area contributed by atoms with Crippen LogP contribution in [-0.2, 0) is 19.6 Å². The SMILES string of the molecule is CCN(C(=O)[C@@H]1CCCN(S(=O)(=O)c2cc3c(cc2C)NC(=O)[C@@H](C)O3)C1)c1ccc(OC)cc1. The lowest BCUT2D eigenvalue weighted by Crippen LogP contribution is -2.47. The average molecular weight is 502 g/mol. The van der Waals surface area contributed by atoms with Gasteiger partial charge in [0, 0.05) is 31.4 Å². The molecule has 9 nitrogen and oxygen atoms in total. The number of methoxy groups -OCH3 is 1. The van der Waals surface area contributed by atoms with Gasteiger partial charge < -0.3 is 19.7 Å². The normalized spacial score (nSPS) is 20.4. The number of carbonyl (C=O) groups is 2. The van der Waals surface area contributed by atoms with Gasteiger partial charge >= 0.3 is 0 Å². The van der Waals surface area contributed by atoms with E-state index in [0.717, 1.165) is 5.69 Å². The lowest BCUT2D eigenvalue weighted by molar-refractivity contribution is -0.123. The fourth-order valence-electron chi connectivity index (χ4n) is 4.57. The fraction of sp³-hybridized carbons (Fsp3) is 0.440. The van der Waals surface area contributed by atoms with Crippen molar-refractivity contribution in [3.8, 4) is 11.5 Å². The number of hydrogen-bond donors (Lipinski definition) is 1. The molecule has 2 aromatic rings. The zero-order valence-corrected chi connectivity index (χ0v) is 21.2. The molecule has 2 heterocycles. The minimum absolute atomic E-state index is 0.0976. The van der Waals surface area contributed by atoms with Gasteiger partial charge in [-0.25, -0.2) is 8.42 Å². The van der Waals surface area contributed by atoms with Crippen LogP contribution in [0.25, 0.3) is 0 Å². The number of nitrogens with zero attached hydrogens (tertiary/aromatic N) is 2. The van der Waals surface area contributed by atoms with Crippen molar-refractivity contribution in [2.24, 2.45) is 5.92 Å². The second-order valence-corrected chi connectivity index (χ2v) is 10.8. The number of amides is 2. The van der Waals surface area contributed by atoms with E-state index in [4.69, 9.17) is 9.47 Å². The predicted octanol–water partition coefficient (Wildman–Crippen LogP) is 3.18. The molecule has 0 unspecified atom stereocenters. The van der Waals surface area contributed by atoms with Gasteiger partial charge in [-0.1, -0.05) is 0 Å². The summed E-state index contributed by atoms with van der Waals surface area (Å²) < 4.78 is 39.5. The molecule has 2 atom stereocenters. The largest absolute Gasteiger partial charge is 0.497 e. The van der Waals surface area contributed by atoms with Crippen LogP contribution < -0.4 is 19.7 Å². The quantitative estimate of drug-likeness (QED) is 0.652. The van der Waals surface area contributed by atoms with Crippen LogP contribution in [0.5, 0.6) is 11.5 Å². The highest BCUT2D eigenvalue weighted by molar-refractivity contribution is 7.89. The highest BCUT2D eigenvalue weighted by Crippen LogP contribution is 2.36. The summed E-state index contributed by atoms with van der Waals surface area (Å²) in [5.74, 6) is 0.198. The Balaban J connectivity index is 1.56. The highest BCUT2D eigenvalue weighted by atomic mass is 32.2. The van der Waals surface area contributed by atoms with Crippen molar-refractivity contribution in [2.45, 2.75) is 44.6 Å². The summed E-state index contributed by atoms with van der Waals surface area (Å²) in [6.45, 7) is 6.11. The Kier molecular flexibility index (Phi) is 7.05. The van der Waals surface area contributed by atoms with Gasteiger partial charge in [-0.2, -0.15) is 4.31 Å². The molecule has 1 fully saturated rings. The smallest absolute Gasteiger partial charge is 0.265 e. The number of carbonyl (C=O) groups excluding carboxylic acids is 2. The number of aryl methyl sites for hydroxylation is 1. The third-order valence-electron chi connectivity index (χ3n) is 6.53. The maximum absolute atomic E-state index is 13.6.